The summed E-state index contributed by atoms with van der Waals surface area (Å²) < 4.78 is 23.2. The predicted molar refractivity (Wildman–Crippen MR) is 113 cm³/mol. The third-order valence-corrected chi connectivity index (χ3v) is 5.53. The fourth-order valence-electron chi connectivity index (χ4n) is 2.60. The van der Waals surface area contributed by atoms with Crippen LogP contribution >= 0.6 is 0 Å². The highest BCUT2D eigenvalue weighted by molar-refractivity contribution is 7.89. The topological polar surface area (TPSA) is 110 Å². The molecule has 29 heavy (non-hydrogen) atoms. The van der Waals surface area contributed by atoms with E-state index in [2.05, 4.69) is 5.32 Å². The molecule has 7 nitrogen and oxygen atoms in total. The van der Waals surface area contributed by atoms with Crippen molar-refractivity contribution in [3.05, 3.63) is 59.7 Å². The molecule has 2 rings (SSSR count). The first kappa shape index (κ1) is 22.6. The molecule has 2 amide bonds. The normalized spacial score (nSPS) is 12.9. The van der Waals surface area contributed by atoms with Crippen molar-refractivity contribution in [3.63, 3.8) is 0 Å². The molecule has 3 N–H and O–H groups in total. The van der Waals surface area contributed by atoms with Crippen molar-refractivity contribution in [2.24, 2.45) is 10.6 Å². The highest BCUT2D eigenvalue weighted by Gasteiger charge is 2.23. The molecule has 8 heteroatoms. The lowest BCUT2D eigenvalue weighted by molar-refractivity contribution is -0.123. The van der Waals surface area contributed by atoms with Gasteiger partial charge < -0.3 is 10.2 Å². The Kier molecular flexibility index (Phi) is 6.50. The van der Waals surface area contributed by atoms with E-state index < -0.39 is 21.5 Å². The van der Waals surface area contributed by atoms with Gasteiger partial charge in [0, 0.05) is 23.7 Å². The molecule has 0 spiro atoms. The average molecular weight is 418 g/mol. The van der Waals surface area contributed by atoms with E-state index in [4.69, 9.17) is 5.14 Å². The lowest BCUT2D eigenvalue weighted by atomic mass is 9.95. The number of carbonyl (C=O) groups excluding carboxylic acids is 2. The summed E-state index contributed by atoms with van der Waals surface area (Å²) >= 11 is 0. The van der Waals surface area contributed by atoms with Crippen LogP contribution in [-0.4, -0.2) is 32.2 Å². The minimum Gasteiger partial charge on any atom is -0.335 e. The Labute approximate surface area is 172 Å². The number of hydrogen-bond acceptors (Lipinski definition) is 4. The van der Waals surface area contributed by atoms with E-state index in [0.29, 0.717) is 16.8 Å². The van der Waals surface area contributed by atoms with E-state index in [1.165, 1.54) is 17.0 Å². The fraction of sp³-hybridized carbons (Fsp3) is 0.333. The molecule has 0 aliphatic rings. The molecule has 2 aromatic carbocycles. The number of hydrogen-bond donors (Lipinski definition) is 2. The molecule has 156 valence electrons. The van der Waals surface area contributed by atoms with Gasteiger partial charge in [0.05, 0.1) is 10.9 Å². The number of anilines is 1. The number of nitrogens with zero attached hydrogens (tertiary/aromatic N) is 1. The number of nitrogens with two attached hydrogens (primary N) is 1. The zero-order chi connectivity index (χ0) is 22.0. The predicted octanol–water partition coefficient (Wildman–Crippen LogP) is 3.15. The molecule has 2 aromatic rings. The van der Waals surface area contributed by atoms with Gasteiger partial charge in [0.15, 0.2) is 0 Å². The zero-order valence-electron chi connectivity index (χ0n) is 17.3. The Hall–Kier alpha value is -2.71. The van der Waals surface area contributed by atoms with Crippen LogP contribution in [0.5, 0.6) is 0 Å². The van der Waals surface area contributed by atoms with E-state index in [1.807, 2.05) is 20.8 Å². The monoisotopic (exact) mass is 417 g/mol. The van der Waals surface area contributed by atoms with E-state index in [0.717, 1.165) is 0 Å². The average Bonchev–Trinajstić information content (AvgIpc) is 2.65. The summed E-state index contributed by atoms with van der Waals surface area (Å²) in [7, 11) is -2.19. The molecule has 1 atom stereocenters. The molecule has 0 aliphatic heterocycles. The van der Waals surface area contributed by atoms with Crippen LogP contribution in [0.25, 0.3) is 0 Å². The third kappa shape index (κ3) is 5.65. The molecule has 0 aliphatic carbocycles. The van der Waals surface area contributed by atoms with Crippen molar-refractivity contribution in [2.75, 3.05) is 12.4 Å². The number of nitrogens with one attached hydrogen (secondary N) is 1. The maximum atomic E-state index is 12.9. The molecule has 1 unspecified atom stereocenters. The lowest BCUT2D eigenvalue weighted by Crippen LogP contribution is -2.30. The van der Waals surface area contributed by atoms with Gasteiger partial charge in [-0.3, -0.25) is 9.59 Å². The Morgan fingerprint density at radius 2 is 1.69 bits per heavy atom. The summed E-state index contributed by atoms with van der Waals surface area (Å²) in [5.74, 6) is -0.408. The second-order valence-electron chi connectivity index (χ2n) is 7.99. The smallest absolute Gasteiger partial charge is 0.254 e. The minimum absolute atomic E-state index is 0.00501. The summed E-state index contributed by atoms with van der Waals surface area (Å²) in [6.45, 7) is 7.22. The van der Waals surface area contributed by atoms with Crippen molar-refractivity contribution in [2.45, 2.75) is 38.6 Å². The van der Waals surface area contributed by atoms with Crippen molar-refractivity contribution in [1.29, 1.82) is 0 Å². The van der Waals surface area contributed by atoms with Crippen LogP contribution in [0.4, 0.5) is 5.69 Å². The third-order valence-electron chi connectivity index (χ3n) is 4.62. The Balaban J connectivity index is 2.24. The van der Waals surface area contributed by atoms with E-state index in [9.17, 15) is 18.0 Å². The maximum Gasteiger partial charge on any atom is 0.254 e. The van der Waals surface area contributed by atoms with Crippen LogP contribution in [0.15, 0.2) is 53.4 Å². The van der Waals surface area contributed by atoms with E-state index in [1.54, 1.807) is 50.4 Å². The molecule has 0 heterocycles. The zero-order valence-corrected chi connectivity index (χ0v) is 18.1. The molecular weight excluding hydrogens is 390 g/mol. The maximum absolute atomic E-state index is 12.9. The van der Waals surface area contributed by atoms with Crippen molar-refractivity contribution in [3.8, 4) is 0 Å². The molecule has 0 saturated heterocycles. The molecule has 0 bridgehead atoms. The Morgan fingerprint density at radius 1 is 1.07 bits per heavy atom. The Bertz CT molecular complexity index is 1030. The largest absolute Gasteiger partial charge is 0.335 e. The number of carbonyl (C=O) groups is 2. The van der Waals surface area contributed by atoms with Gasteiger partial charge in [-0.1, -0.05) is 39.0 Å². The standard InChI is InChI=1S/C21H27N3O4S/c1-14(15-8-7-11-18(13-15)29(22,27)28)24(5)19(25)16-9-6-10-17(12-16)23-20(26)21(2,3)4/h6-14H,1-5H3,(H,23,26)(H2,22,27,28). The second-order valence-corrected chi connectivity index (χ2v) is 9.56. The highest BCUT2D eigenvalue weighted by Crippen LogP contribution is 2.24. The second kappa shape index (κ2) is 8.34. The van der Waals surface area contributed by atoms with Gasteiger partial charge in [0.25, 0.3) is 5.91 Å². The summed E-state index contributed by atoms with van der Waals surface area (Å²) in [6.07, 6.45) is 0. The molecule has 0 saturated carbocycles. The van der Waals surface area contributed by atoms with Crippen molar-refractivity contribution in [1.82, 2.24) is 4.90 Å². The molecule has 0 radical (unpaired) electrons. The summed E-state index contributed by atoms with van der Waals surface area (Å²) in [6, 6.07) is 12.5. The van der Waals surface area contributed by atoms with Gasteiger partial charge in [-0.25, -0.2) is 13.6 Å². The van der Waals surface area contributed by atoms with Crippen LogP contribution in [0.1, 0.15) is 49.7 Å². The highest BCUT2D eigenvalue weighted by atomic mass is 32.2. The minimum atomic E-state index is -3.83. The van der Waals surface area contributed by atoms with E-state index >= 15 is 0 Å². The summed E-state index contributed by atoms with van der Waals surface area (Å²) in [4.78, 5) is 26.6. The quantitative estimate of drug-likeness (QED) is 0.779. The van der Waals surface area contributed by atoms with Crippen molar-refractivity contribution < 1.29 is 18.0 Å². The molecular formula is C21H27N3O4S. The number of rotatable bonds is 5. The number of primary sulfonamides is 1. The van der Waals surface area contributed by atoms with Gasteiger partial charge >= 0.3 is 0 Å². The van der Waals surface area contributed by atoms with Gasteiger partial charge in [0.2, 0.25) is 15.9 Å². The van der Waals surface area contributed by atoms with Gasteiger partial charge in [0.1, 0.15) is 0 Å². The van der Waals surface area contributed by atoms with Gasteiger partial charge in [-0.2, -0.15) is 0 Å². The van der Waals surface area contributed by atoms with E-state index in [-0.39, 0.29) is 16.7 Å². The molecule has 0 fully saturated rings. The first-order valence-electron chi connectivity index (χ1n) is 9.12. The van der Waals surface area contributed by atoms with Gasteiger partial charge in [-0.05, 0) is 42.8 Å². The number of amides is 2. The summed E-state index contributed by atoms with van der Waals surface area (Å²) in [5.41, 5.74) is 1.03. The fourth-order valence-corrected chi connectivity index (χ4v) is 3.17. The SMILES string of the molecule is CC(c1cccc(S(N)(=O)=O)c1)N(C)C(=O)c1cccc(NC(=O)C(C)(C)C)c1. The van der Waals surface area contributed by atoms with Crippen LogP contribution in [0, 0.1) is 5.41 Å². The summed E-state index contributed by atoms with van der Waals surface area (Å²) in [5, 5.41) is 8.01. The van der Waals surface area contributed by atoms with Gasteiger partial charge in [-0.15, -0.1) is 0 Å². The van der Waals surface area contributed by atoms with Crippen LogP contribution in [-0.2, 0) is 14.8 Å². The Morgan fingerprint density at radius 3 is 2.28 bits per heavy atom. The molecule has 0 aromatic heterocycles. The number of benzene rings is 2. The van der Waals surface area contributed by atoms with Crippen LogP contribution in [0.2, 0.25) is 0 Å². The van der Waals surface area contributed by atoms with Crippen LogP contribution < -0.4 is 10.5 Å². The first-order chi connectivity index (χ1) is 13.3. The lowest BCUT2D eigenvalue weighted by Gasteiger charge is -2.26. The number of sulfonamides is 1. The van der Waals surface area contributed by atoms with Crippen molar-refractivity contribution >= 4 is 27.5 Å². The first-order valence-corrected chi connectivity index (χ1v) is 10.7. The van der Waals surface area contributed by atoms with Crippen LogP contribution in [0.3, 0.4) is 0 Å².